The van der Waals surface area contributed by atoms with Crippen molar-refractivity contribution in [2.24, 2.45) is 0 Å². The van der Waals surface area contributed by atoms with Crippen LogP contribution in [-0.2, 0) is 24.2 Å². The number of benzene rings is 1. The average molecular weight is 295 g/mol. The first kappa shape index (κ1) is 14.6. The number of carbonyl (C=O) groups is 1. The highest BCUT2D eigenvalue weighted by molar-refractivity contribution is 5.91. The summed E-state index contributed by atoms with van der Waals surface area (Å²) in [4.78, 5) is 14.1. The normalized spacial score (nSPS) is 13.5. The largest absolute Gasteiger partial charge is 0.472 e. The summed E-state index contributed by atoms with van der Waals surface area (Å²) in [5, 5.41) is 0. The molecule has 0 atom stereocenters. The number of aryl methyl sites for hydroxylation is 2. The van der Waals surface area contributed by atoms with Crippen LogP contribution in [0.2, 0.25) is 0 Å². The molecule has 1 aliphatic carbocycles. The Morgan fingerprint density at radius 1 is 1.27 bits per heavy atom. The Morgan fingerprint density at radius 2 is 2.14 bits per heavy atom. The summed E-state index contributed by atoms with van der Waals surface area (Å²) in [6.45, 7) is 3.25. The molecule has 114 valence electrons. The third-order valence-electron chi connectivity index (χ3n) is 4.19. The summed E-state index contributed by atoms with van der Waals surface area (Å²) < 4.78 is 5.06. The molecule has 3 nitrogen and oxygen atoms in total. The lowest BCUT2D eigenvalue weighted by Crippen LogP contribution is -2.28. The third kappa shape index (κ3) is 3.30. The molecule has 0 unspecified atom stereocenters. The standard InChI is InChI=1S/C19H21NO2/c1-2-20(13-16-10-11-22-14-16)19(21)9-7-15-6-8-17-4-3-5-18(17)12-15/h6-12,14H,2-5,13H2,1H3. The zero-order chi connectivity index (χ0) is 15.4. The Labute approximate surface area is 131 Å². The Hall–Kier alpha value is -2.29. The first-order valence-corrected chi connectivity index (χ1v) is 7.86. The minimum atomic E-state index is 0.0317. The number of hydrogen-bond acceptors (Lipinski definition) is 2. The Morgan fingerprint density at radius 3 is 2.91 bits per heavy atom. The minimum absolute atomic E-state index is 0.0317. The first-order chi connectivity index (χ1) is 10.8. The van der Waals surface area contributed by atoms with Gasteiger partial charge in [0.15, 0.2) is 0 Å². The van der Waals surface area contributed by atoms with E-state index in [1.807, 2.05) is 19.1 Å². The summed E-state index contributed by atoms with van der Waals surface area (Å²) >= 11 is 0. The fourth-order valence-corrected chi connectivity index (χ4v) is 2.92. The topological polar surface area (TPSA) is 33.5 Å². The van der Waals surface area contributed by atoms with E-state index in [0.29, 0.717) is 13.1 Å². The Balaban J connectivity index is 1.66. The van der Waals surface area contributed by atoms with Crippen molar-refractivity contribution in [1.82, 2.24) is 4.90 Å². The Bertz CT molecular complexity index is 671. The van der Waals surface area contributed by atoms with Crippen molar-refractivity contribution >= 4 is 12.0 Å². The molecular formula is C19H21NO2. The molecule has 0 fully saturated rings. The van der Waals surface area contributed by atoms with E-state index in [-0.39, 0.29) is 5.91 Å². The van der Waals surface area contributed by atoms with Crippen molar-refractivity contribution in [1.29, 1.82) is 0 Å². The number of likely N-dealkylation sites (N-methyl/N-ethyl adjacent to an activating group) is 1. The molecule has 2 aromatic rings. The highest BCUT2D eigenvalue weighted by Crippen LogP contribution is 2.23. The van der Waals surface area contributed by atoms with Gasteiger partial charge in [-0.1, -0.05) is 18.2 Å². The number of rotatable bonds is 5. The van der Waals surface area contributed by atoms with Crippen molar-refractivity contribution in [3.63, 3.8) is 0 Å². The van der Waals surface area contributed by atoms with E-state index in [4.69, 9.17) is 4.42 Å². The molecule has 0 N–H and O–H groups in total. The maximum Gasteiger partial charge on any atom is 0.246 e. The van der Waals surface area contributed by atoms with Gasteiger partial charge in [-0.3, -0.25) is 4.79 Å². The molecule has 1 aliphatic rings. The number of fused-ring (bicyclic) bond motifs is 1. The lowest BCUT2D eigenvalue weighted by Gasteiger charge is -2.18. The van der Waals surface area contributed by atoms with Crippen LogP contribution in [0.15, 0.2) is 47.3 Å². The van der Waals surface area contributed by atoms with E-state index in [1.54, 1.807) is 23.5 Å². The van der Waals surface area contributed by atoms with Crippen molar-refractivity contribution < 1.29 is 9.21 Å². The van der Waals surface area contributed by atoms with Gasteiger partial charge in [0.1, 0.15) is 0 Å². The molecule has 3 rings (SSSR count). The van der Waals surface area contributed by atoms with Crippen molar-refractivity contribution in [3.8, 4) is 0 Å². The SMILES string of the molecule is CCN(Cc1ccoc1)C(=O)C=Cc1ccc2c(c1)CCC2. The van der Waals surface area contributed by atoms with Gasteiger partial charge in [-0.2, -0.15) is 0 Å². The van der Waals surface area contributed by atoms with E-state index in [2.05, 4.69) is 18.2 Å². The van der Waals surface area contributed by atoms with E-state index in [0.717, 1.165) is 17.5 Å². The maximum absolute atomic E-state index is 12.3. The second kappa shape index (κ2) is 6.65. The first-order valence-electron chi connectivity index (χ1n) is 7.86. The van der Waals surface area contributed by atoms with Crippen LogP contribution in [0.25, 0.3) is 6.08 Å². The molecular weight excluding hydrogens is 274 g/mol. The van der Waals surface area contributed by atoms with Gasteiger partial charge in [0.2, 0.25) is 5.91 Å². The highest BCUT2D eigenvalue weighted by atomic mass is 16.3. The van der Waals surface area contributed by atoms with Gasteiger partial charge < -0.3 is 9.32 Å². The van der Waals surface area contributed by atoms with Crippen LogP contribution in [0.1, 0.15) is 35.6 Å². The zero-order valence-corrected chi connectivity index (χ0v) is 12.9. The summed E-state index contributed by atoms with van der Waals surface area (Å²) in [7, 11) is 0. The summed E-state index contributed by atoms with van der Waals surface area (Å²) in [6, 6.07) is 8.38. The predicted octanol–water partition coefficient (Wildman–Crippen LogP) is 3.83. The van der Waals surface area contributed by atoms with Crippen LogP contribution in [0.4, 0.5) is 0 Å². The van der Waals surface area contributed by atoms with Crippen molar-refractivity contribution in [2.45, 2.75) is 32.7 Å². The molecule has 0 spiro atoms. The van der Waals surface area contributed by atoms with Gasteiger partial charge >= 0.3 is 0 Å². The third-order valence-corrected chi connectivity index (χ3v) is 4.19. The molecule has 1 aromatic carbocycles. The quantitative estimate of drug-likeness (QED) is 0.785. The molecule has 0 aliphatic heterocycles. The summed E-state index contributed by atoms with van der Waals surface area (Å²) in [5.74, 6) is 0.0317. The van der Waals surface area contributed by atoms with E-state index in [1.165, 1.54) is 24.0 Å². The van der Waals surface area contributed by atoms with E-state index >= 15 is 0 Å². The van der Waals surface area contributed by atoms with Gasteiger partial charge in [-0.15, -0.1) is 0 Å². The lowest BCUT2D eigenvalue weighted by atomic mass is 10.1. The van der Waals surface area contributed by atoms with Crippen LogP contribution in [0, 0.1) is 0 Å². The molecule has 1 aromatic heterocycles. The molecule has 0 saturated carbocycles. The number of nitrogens with zero attached hydrogens (tertiary/aromatic N) is 1. The van der Waals surface area contributed by atoms with Gasteiger partial charge in [0, 0.05) is 24.7 Å². The van der Waals surface area contributed by atoms with Crippen LogP contribution < -0.4 is 0 Å². The number of hydrogen-bond donors (Lipinski definition) is 0. The smallest absolute Gasteiger partial charge is 0.246 e. The number of furan rings is 1. The maximum atomic E-state index is 12.3. The molecule has 22 heavy (non-hydrogen) atoms. The van der Waals surface area contributed by atoms with Crippen molar-refractivity contribution in [3.05, 3.63) is 65.1 Å². The predicted molar refractivity (Wildman–Crippen MR) is 87.3 cm³/mol. The second-order valence-electron chi connectivity index (χ2n) is 5.70. The molecule has 0 radical (unpaired) electrons. The summed E-state index contributed by atoms with van der Waals surface area (Å²) in [5.41, 5.74) is 5.01. The van der Waals surface area contributed by atoms with Gasteiger partial charge in [0.25, 0.3) is 0 Å². The van der Waals surface area contributed by atoms with Gasteiger partial charge in [0.05, 0.1) is 12.5 Å². The van der Waals surface area contributed by atoms with Crippen LogP contribution in [-0.4, -0.2) is 17.4 Å². The fraction of sp³-hybridized carbons (Fsp3) is 0.316. The molecule has 1 heterocycles. The van der Waals surface area contributed by atoms with Crippen LogP contribution in [0.5, 0.6) is 0 Å². The van der Waals surface area contributed by atoms with Crippen molar-refractivity contribution in [2.75, 3.05) is 6.54 Å². The molecule has 1 amide bonds. The number of amides is 1. The monoisotopic (exact) mass is 295 g/mol. The lowest BCUT2D eigenvalue weighted by molar-refractivity contribution is -0.126. The average Bonchev–Trinajstić information content (AvgIpc) is 3.20. The second-order valence-corrected chi connectivity index (χ2v) is 5.70. The summed E-state index contributed by atoms with van der Waals surface area (Å²) in [6.07, 6.45) is 10.5. The van der Waals surface area contributed by atoms with Gasteiger partial charge in [-0.25, -0.2) is 0 Å². The van der Waals surface area contributed by atoms with Crippen LogP contribution in [0.3, 0.4) is 0 Å². The highest BCUT2D eigenvalue weighted by Gasteiger charge is 2.11. The number of carbonyl (C=O) groups excluding carboxylic acids is 1. The Kier molecular flexibility index (Phi) is 4.42. The van der Waals surface area contributed by atoms with E-state index in [9.17, 15) is 4.79 Å². The molecule has 3 heteroatoms. The zero-order valence-electron chi connectivity index (χ0n) is 12.9. The minimum Gasteiger partial charge on any atom is -0.472 e. The molecule has 0 saturated heterocycles. The molecule has 0 bridgehead atoms. The fourth-order valence-electron chi connectivity index (χ4n) is 2.92. The van der Waals surface area contributed by atoms with Gasteiger partial charge in [-0.05, 0) is 55.0 Å². The van der Waals surface area contributed by atoms with E-state index < -0.39 is 0 Å². The van der Waals surface area contributed by atoms with Crippen LogP contribution >= 0.6 is 0 Å².